The maximum absolute atomic E-state index is 8.57. The van der Waals surface area contributed by atoms with E-state index in [1.807, 2.05) is 12.1 Å². The second-order valence-electron chi connectivity index (χ2n) is 3.51. The third-order valence-corrected chi connectivity index (χ3v) is 2.31. The Morgan fingerprint density at radius 1 is 1.38 bits per heavy atom. The van der Waals surface area contributed by atoms with E-state index in [1.54, 1.807) is 12.1 Å². The number of ether oxygens (including phenoxy) is 1. The monoisotopic (exact) mass is 173 g/mol. The second kappa shape index (κ2) is 3.10. The third-order valence-electron chi connectivity index (χ3n) is 2.31. The van der Waals surface area contributed by atoms with Crippen molar-refractivity contribution in [2.24, 2.45) is 5.92 Å². The normalized spacial score (nSPS) is 24.9. The number of benzene rings is 1. The fourth-order valence-corrected chi connectivity index (χ4v) is 1.23. The second-order valence-corrected chi connectivity index (χ2v) is 3.51. The number of hydrogen-bond donors (Lipinski definition) is 0. The van der Waals surface area contributed by atoms with E-state index in [0.29, 0.717) is 17.6 Å². The number of hydrogen-bond acceptors (Lipinski definition) is 2. The first-order valence-electron chi connectivity index (χ1n) is 4.46. The Kier molecular flexibility index (Phi) is 1.94. The molecule has 1 aromatic rings. The molecule has 1 aromatic carbocycles. The fraction of sp³-hybridized carbons (Fsp3) is 0.364. The molecule has 0 bridgehead atoms. The van der Waals surface area contributed by atoms with Crippen LogP contribution in [0.2, 0.25) is 0 Å². The number of nitrogens with zero attached hydrogens (tertiary/aromatic N) is 1. The zero-order valence-corrected chi connectivity index (χ0v) is 7.53. The Labute approximate surface area is 77.8 Å². The molecular formula is C11H11NO. The van der Waals surface area contributed by atoms with Crippen molar-refractivity contribution in [3.8, 4) is 11.8 Å². The van der Waals surface area contributed by atoms with E-state index in [2.05, 4.69) is 13.0 Å². The topological polar surface area (TPSA) is 33.0 Å². The standard InChI is InChI=1S/C11H11NO/c1-8-6-11(8)13-10-4-2-9(7-12)3-5-10/h2-5,8,11H,6H2,1H3. The number of rotatable bonds is 2. The molecule has 1 aliphatic carbocycles. The molecule has 0 saturated heterocycles. The predicted octanol–water partition coefficient (Wildman–Crippen LogP) is 2.35. The lowest BCUT2D eigenvalue weighted by molar-refractivity contribution is 0.288. The zero-order valence-electron chi connectivity index (χ0n) is 7.53. The van der Waals surface area contributed by atoms with Crippen molar-refractivity contribution in [3.05, 3.63) is 29.8 Å². The molecule has 0 amide bonds. The van der Waals surface area contributed by atoms with Crippen LogP contribution in [0, 0.1) is 17.2 Å². The zero-order chi connectivity index (χ0) is 9.26. The SMILES string of the molecule is CC1CC1Oc1ccc(C#N)cc1. The highest BCUT2D eigenvalue weighted by atomic mass is 16.5. The van der Waals surface area contributed by atoms with Crippen LogP contribution < -0.4 is 4.74 Å². The molecule has 66 valence electrons. The molecule has 0 spiro atoms. The lowest BCUT2D eigenvalue weighted by Gasteiger charge is -2.03. The van der Waals surface area contributed by atoms with Crippen molar-refractivity contribution < 1.29 is 4.74 Å². The maximum Gasteiger partial charge on any atom is 0.119 e. The van der Waals surface area contributed by atoms with E-state index < -0.39 is 0 Å². The van der Waals surface area contributed by atoms with Crippen LogP contribution in [0.1, 0.15) is 18.9 Å². The Bertz CT molecular complexity index is 336. The third kappa shape index (κ3) is 1.81. The van der Waals surface area contributed by atoms with Gasteiger partial charge in [-0.25, -0.2) is 0 Å². The van der Waals surface area contributed by atoms with E-state index in [9.17, 15) is 0 Å². The van der Waals surface area contributed by atoms with Gasteiger partial charge in [0.25, 0.3) is 0 Å². The molecule has 2 unspecified atom stereocenters. The van der Waals surface area contributed by atoms with E-state index in [-0.39, 0.29) is 0 Å². The molecule has 2 atom stereocenters. The fourth-order valence-electron chi connectivity index (χ4n) is 1.23. The molecule has 1 fully saturated rings. The van der Waals surface area contributed by atoms with Crippen molar-refractivity contribution in [2.45, 2.75) is 19.4 Å². The Morgan fingerprint density at radius 3 is 2.46 bits per heavy atom. The van der Waals surface area contributed by atoms with E-state index in [4.69, 9.17) is 10.00 Å². The minimum absolute atomic E-state index is 0.396. The van der Waals surface area contributed by atoms with Gasteiger partial charge in [-0.3, -0.25) is 0 Å². The van der Waals surface area contributed by atoms with E-state index >= 15 is 0 Å². The molecule has 2 nitrogen and oxygen atoms in total. The summed E-state index contributed by atoms with van der Waals surface area (Å²) in [4.78, 5) is 0. The van der Waals surface area contributed by atoms with E-state index in [0.717, 1.165) is 12.2 Å². The van der Waals surface area contributed by atoms with Crippen LogP contribution in [0.3, 0.4) is 0 Å². The van der Waals surface area contributed by atoms with Crippen molar-refractivity contribution in [3.63, 3.8) is 0 Å². The molecule has 0 radical (unpaired) electrons. The van der Waals surface area contributed by atoms with Crippen molar-refractivity contribution in [2.75, 3.05) is 0 Å². The molecule has 0 N–H and O–H groups in total. The molecule has 2 rings (SSSR count). The molecule has 0 heterocycles. The predicted molar refractivity (Wildman–Crippen MR) is 49.4 cm³/mol. The van der Waals surface area contributed by atoms with Crippen LogP contribution in [-0.2, 0) is 0 Å². The average Bonchev–Trinajstić information content (AvgIpc) is 2.83. The van der Waals surface area contributed by atoms with Gasteiger partial charge in [0.15, 0.2) is 0 Å². The molecule has 2 heteroatoms. The summed E-state index contributed by atoms with van der Waals surface area (Å²) < 4.78 is 5.63. The summed E-state index contributed by atoms with van der Waals surface area (Å²) in [5.41, 5.74) is 0.677. The van der Waals surface area contributed by atoms with Gasteiger partial charge >= 0.3 is 0 Å². The minimum atomic E-state index is 0.396. The summed E-state index contributed by atoms with van der Waals surface area (Å²) in [5.74, 6) is 1.56. The highest BCUT2D eigenvalue weighted by Crippen LogP contribution is 2.33. The summed E-state index contributed by atoms with van der Waals surface area (Å²) in [6.45, 7) is 2.17. The van der Waals surface area contributed by atoms with Gasteiger partial charge in [-0.05, 0) is 36.6 Å². The van der Waals surface area contributed by atoms with Gasteiger partial charge in [-0.2, -0.15) is 5.26 Å². The van der Waals surface area contributed by atoms with Gasteiger partial charge in [0.1, 0.15) is 11.9 Å². The Hall–Kier alpha value is -1.49. The van der Waals surface area contributed by atoms with E-state index in [1.165, 1.54) is 0 Å². The summed E-state index contributed by atoms with van der Waals surface area (Å²) in [6, 6.07) is 9.34. The lowest BCUT2D eigenvalue weighted by Crippen LogP contribution is -1.98. The van der Waals surface area contributed by atoms with Crippen LogP contribution in [-0.4, -0.2) is 6.10 Å². The number of nitriles is 1. The first-order chi connectivity index (χ1) is 6.29. The Balaban J connectivity index is 2.02. The smallest absolute Gasteiger partial charge is 0.119 e. The van der Waals surface area contributed by atoms with Gasteiger partial charge in [-0.15, -0.1) is 0 Å². The molecule has 1 aliphatic rings. The van der Waals surface area contributed by atoms with Gasteiger partial charge in [0, 0.05) is 0 Å². The van der Waals surface area contributed by atoms with Gasteiger partial charge < -0.3 is 4.74 Å². The van der Waals surface area contributed by atoms with Gasteiger partial charge in [0.2, 0.25) is 0 Å². The van der Waals surface area contributed by atoms with Crippen molar-refractivity contribution in [1.29, 1.82) is 5.26 Å². The Morgan fingerprint density at radius 2 is 2.00 bits per heavy atom. The molecule has 13 heavy (non-hydrogen) atoms. The summed E-state index contributed by atoms with van der Waals surface area (Å²) in [7, 11) is 0. The first-order valence-corrected chi connectivity index (χ1v) is 4.46. The van der Waals surface area contributed by atoms with Gasteiger partial charge in [0.05, 0.1) is 11.6 Å². The minimum Gasteiger partial charge on any atom is -0.490 e. The molecular weight excluding hydrogens is 162 g/mol. The lowest BCUT2D eigenvalue weighted by atomic mass is 10.2. The molecule has 0 aromatic heterocycles. The maximum atomic E-state index is 8.57. The van der Waals surface area contributed by atoms with Gasteiger partial charge in [-0.1, -0.05) is 6.92 Å². The average molecular weight is 173 g/mol. The molecule has 1 saturated carbocycles. The van der Waals surface area contributed by atoms with Crippen LogP contribution in [0.4, 0.5) is 0 Å². The first kappa shape index (κ1) is 8.12. The molecule has 0 aliphatic heterocycles. The largest absolute Gasteiger partial charge is 0.490 e. The van der Waals surface area contributed by atoms with Crippen LogP contribution in [0.25, 0.3) is 0 Å². The summed E-state index contributed by atoms with van der Waals surface area (Å²) in [6.07, 6.45) is 1.55. The summed E-state index contributed by atoms with van der Waals surface area (Å²) >= 11 is 0. The van der Waals surface area contributed by atoms with Crippen molar-refractivity contribution in [1.82, 2.24) is 0 Å². The quantitative estimate of drug-likeness (QED) is 0.687. The highest BCUT2D eigenvalue weighted by molar-refractivity contribution is 5.34. The van der Waals surface area contributed by atoms with Crippen LogP contribution in [0.5, 0.6) is 5.75 Å². The van der Waals surface area contributed by atoms with Crippen LogP contribution in [0.15, 0.2) is 24.3 Å². The van der Waals surface area contributed by atoms with Crippen molar-refractivity contribution >= 4 is 0 Å². The highest BCUT2D eigenvalue weighted by Gasteiger charge is 2.34. The van der Waals surface area contributed by atoms with Crippen LogP contribution >= 0.6 is 0 Å². The summed E-state index contributed by atoms with van der Waals surface area (Å²) in [5, 5.41) is 8.57.